The monoisotopic (exact) mass is 251 g/mol. The van der Waals surface area contributed by atoms with Crippen LogP contribution in [0.5, 0.6) is 0 Å². The van der Waals surface area contributed by atoms with Gasteiger partial charge in [-0.1, -0.05) is 27.2 Å². The van der Waals surface area contributed by atoms with E-state index in [4.69, 9.17) is 5.73 Å². The molecular weight excluding hydrogens is 222 g/mol. The van der Waals surface area contributed by atoms with Crippen molar-refractivity contribution in [2.75, 3.05) is 6.54 Å². The molecule has 0 aliphatic carbocycles. The van der Waals surface area contributed by atoms with E-state index >= 15 is 0 Å². The lowest BCUT2D eigenvalue weighted by molar-refractivity contribution is 0.334. The first-order valence-electron chi connectivity index (χ1n) is 7.13. The van der Waals surface area contributed by atoms with Crippen LogP contribution in [0.2, 0.25) is 0 Å². The lowest BCUT2D eigenvalue weighted by Gasteiger charge is -2.30. The molecule has 0 fully saturated rings. The molecule has 0 radical (unpaired) electrons. The van der Waals surface area contributed by atoms with E-state index in [1.165, 1.54) is 5.69 Å². The van der Waals surface area contributed by atoms with Gasteiger partial charge in [-0.3, -0.25) is 0 Å². The van der Waals surface area contributed by atoms with Gasteiger partial charge in [0.2, 0.25) is 0 Å². The summed E-state index contributed by atoms with van der Waals surface area (Å²) < 4.78 is 0. The first-order valence-corrected chi connectivity index (χ1v) is 7.13. The Morgan fingerprint density at radius 3 is 2.28 bits per heavy atom. The number of nitrogens with two attached hydrogens (primary N) is 1. The van der Waals surface area contributed by atoms with Crippen LogP contribution < -0.4 is 11.1 Å². The van der Waals surface area contributed by atoms with Crippen LogP contribution in [-0.2, 0) is 11.1 Å². The smallest absolute Gasteiger partial charge is 0.0557 e. The Morgan fingerprint density at radius 1 is 1.17 bits per heavy atom. The van der Waals surface area contributed by atoms with E-state index in [1.807, 2.05) is 0 Å². The lowest BCUT2D eigenvalue weighted by atomic mass is 9.92. The quantitative estimate of drug-likeness (QED) is 0.697. The number of H-pyrrole nitrogens is 1. The normalized spacial score (nSPS) is 18.3. The molecule has 3 heteroatoms. The Balaban J connectivity index is 3.01. The number of hydrogen-bond donors (Lipinski definition) is 3. The maximum Gasteiger partial charge on any atom is 0.0557 e. The second-order valence-corrected chi connectivity index (χ2v) is 5.67. The minimum atomic E-state index is -0.266. The zero-order valence-electron chi connectivity index (χ0n) is 12.6. The van der Waals surface area contributed by atoms with Crippen molar-refractivity contribution in [2.24, 2.45) is 5.73 Å². The summed E-state index contributed by atoms with van der Waals surface area (Å²) in [4.78, 5) is 3.53. The summed E-state index contributed by atoms with van der Waals surface area (Å²) >= 11 is 0. The minimum Gasteiger partial charge on any atom is -0.359 e. The Kier molecular flexibility index (Phi) is 5.00. The minimum absolute atomic E-state index is 0.0194. The van der Waals surface area contributed by atoms with E-state index in [-0.39, 0.29) is 11.1 Å². The van der Waals surface area contributed by atoms with Crippen molar-refractivity contribution < 1.29 is 0 Å². The SMILES string of the molecule is CCCC(C)(NCC)c1ccc(C(C)(N)CC)[nH]1. The van der Waals surface area contributed by atoms with Crippen LogP contribution in [0.25, 0.3) is 0 Å². The van der Waals surface area contributed by atoms with Crippen molar-refractivity contribution >= 4 is 0 Å². The summed E-state index contributed by atoms with van der Waals surface area (Å²) in [6, 6.07) is 4.30. The van der Waals surface area contributed by atoms with Crippen molar-refractivity contribution in [3.05, 3.63) is 23.5 Å². The molecule has 1 aromatic rings. The fourth-order valence-electron chi connectivity index (χ4n) is 2.45. The fraction of sp³-hybridized carbons (Fsp3) is 0.733. The van der Waals surface area contributed by atoms with Crippen LogP contribution in [0.4, 0.5) is 0 Å². The molecule has 1 heterocycles. The predicted octanol–water partition coefficient (Wildman–Crippen LogP) is 3.22. The van der Waals surface area contributed by atoms with Crippen molar-refractivity contribution in [3.8, 4) is 0 Å². The van der Waals surface area contributed by atoms with Crippen LogP contribution in [-0.4, -0.2) is 11.5 Å². The molecule has 3 nitrogen and oxygen atoms in total. The number of rotatable bonds is 7. The molecule has 1 rings (SSSR count). The zero-order chi connectivity index (χ0) is 13.8. The van der Waals surface area contributed by atoms with Gasteiger partial charge in [0, 0.05) is 11.4 Å². The van der Waals surface area contributed by atoms with Gasteiger partial charge in [-0.05, 0) is 45.4 Å². The number of nitrogens with one attached hydrogen (secondary N) is 2. The molecule has 2 unspecified atom stereocenters. The van der Waals surface area contributed by atoms with Crippen LogP contribution in [0.1, 0.15) is 65.3 Å². The number of aromatic nitrogens is 1. The Labute approximate surface area is 112 Å². The third kappa shape index (κ3) is 3.15. The number of hydrogen-bond acceptors (Lipinski definition) is 2. The summed E-state index contributed by atoms with van der Waals surface area (Å²) in [5, 5.41) is 3.59. The first kappa shape index (κ1) is 15.3. The maximum atomic E-state index is 6.29. The van der Waals surface area contributed by atoms with Gasteiger partial charge >= 0.3 is 0 Å². The molecule has 0 aromatic carbocycles. The summed E-state index contributed by atoms with van der Waals surface area (Å²) in [5.74, 6) is 0. The topological polar surface area (TPSA) is 53.8 Å². The molecule has 0 saturated carbocycles. The summed E-state index contributed by atoms with van der Waals surface area (Å²) in [6.07, 6.45) is 3.21. The van der Waals surface area contributed by atoms with Gasteiger partial charge in [-0.25, -0.2) is 0 Å². The zero-order valence-corrected chi connectivity index (χ0v) is 12.6. The fourth-order valence-corrected chi connectivity index (χ4v) is 2.45. The van der Waals surface area contributed by atoms with E-state index in [9.17, 15) is 0 Å². The maximum absolute atomic E-state index is 6.29. The van der Waals surface area contributed by atoms with Crippen molar-refractivity contribution in [3.63, 3.8) is 0 Å². The van der Waals surface area contributed by atoms with Crippen molar-refractivity contribution in [1.29, 1.82) is 0 Å². The molecule has 0 bridgehead atoms. The lowest BCUT2D eigenvalue weighted by Crippen LogP contribution is -2.40. The molecule has 18 heavy (non-hydrogen) atoms. The van der Waals surface area contributed by atoms with Crippen LogP contribution in [0.3, 0.4) is 0 Å². The van der Waals surface area contributed by atoms with E-state index < -0.39 is 0 Å². The second kappa shape index (κ2) is 5.89. The molecular formula is C15H29N3. The van der Waals surface area contributed by atoms with E-state index in [2.05, 4.69) is 57.1 Å². The van der Waals surface area contributed by atoms with E-state index in [1.54, 1.807) is 0 Å². The van der Waals surface area contributed by atoms with Gasteiger partial charge in [-0.15, -0.1) is 0 Å². The molecule has 104 valence electrons. The molecule has 2 atom stereocenters. The molecule has 1 aromatic heterocycles. The number of aromatic amines is 1. The molecule has 0 aliphatic heterocycles. The molecule has 0 saturated heterocycles. The van der Waals surface area contributed by atoms with Crippen LogP contribution in [0.15, 0.2) is 12.1 Å². The largest absolute Gasteiger partial charge is 0.359 e. The highest BCUT2D eigenvalue weighted by Crippen LogP contribution is 2.28. The molecule has 0 aliphatic rings. The Bertz CT molecular complexity index is 360. The van der Waals surface area contributed by atoms with Gasteiger partial charge in [0.25, 0.3) is 0 Å². The molecule has 0 amide bonds. The van der Waals surface area contributed by atoms with Crippen molar-refractivity contribution in [2.45, 2.75) is 65.0 Å². The van der Waals surface area contributed by atoms with E-state index in [0.717, 1.165) is 31.5 Å². The van der Waals surface area contributed by atoms with Crippen molar-refractivity contribution in [1.82, 2.24) is 10.3 Å². The Hall–Kier alpha value is -0.800. The average Bonchev–Trinajstić information content (AvgIpc) is 2.80. The van der Waals surface area contributed by atoms with Crippen LogP contribution >= 0.6 is 0 Å². The molecule has 4 N–H and O–H groups in total. The van der Waals surface area contributed by atoms with Gasteiger partial charge < -0.3 is 16.0 Å². The van der Waals surface area contributed by atoms with Gasteiger partial charge in [0.05, 0.1) is 11.1 Å². The summed E-state index contributed by atoms with van der Waals surface area (Å²) in [5.41, 5.74) is 8.41. The third-order valence-corrected chi connectivity index (χ3v) is 3.95. The third-order valence-electron chi connectivity index (χ3n) is 3.95. The molecule has 0 spiro atoms. The van der Waals surface area contributed by atoms with E-state index in [0.29, 0.717) is 0 Å². The first-order chi connectivity index (χ1) is 8.39. The van der Waals surface area contributed by atoms with Gasteiger partial charge in [0.1, 0.15) is 0 Å². The predicted molar refractivity (Wildman–Crippen MR) is 78.6 cm³/mol. The highest BCUT2D eigenvalue weighted by Gasteiger charge is 2.28. The van der Waals surface area contributed by atoms with Gasteiger partial charge in [0.15, 0.2) is 0 Å². The highest BCUT2D eigenvalue weighted by molar-refractivity contribution is 5.24. The van der Waals surface area contributed by atoms with Gasteiger partial charge in [-0.2, -0.15) is 0 Å². The average molecular weight is 251 g/mol. The Morgan fingerprint density at radius 2 is 1.78 bits per heavy atom. The van der Waals surface area contributed by atoms with Crippen LogP contribution in [0, 0.1) is 0 Å². The summed E-state index contributed by atoms with van der Waals surface area (Å²) in [6.45, 7) is 11.8. The second-order valence-electron chi connectivity index (χ2n) is 5.67. The highest BCUT2D eigenvalue weighted by atomic mass is 15.0. The summed E-state index contributed by atoms with van der Waals surface area (Å²) in [7, 11) is 0. The standard InChI is InChI=1S/C15H29N3/c1-6-11-15(5,17-8-3)13-10-9-12(18-13)14(4,16)7-2/h9-10,17-18H,6-8,11,16H2,1-5H3.